The van der Waals surface area contributed by atoms with E-state index in [1.165, 1.54) is 0 Å². The fraction of sp³-hybridized carbons (Fsp3) is 0.900. The molecule has 0 unspecified atom stereocenters. The number of nitrogens with one attached hydrogen (secondary N) is 1. The third-order valence-corrected chi connectivity index (χ3v) is 4.57. The molecule has 1 aliphatic carbocycles. The molecule has 0 spiro atoms. The molecule has 5 nitrogen and oxygen atoms in total. The zero-order chi connectivity index (χ0) is 12.4. The summed E-state index contributed by atoms with van der Waals surface area (Å²) in [5, 5.41) is 8.76. The van der Waals surface area contributed by atoms with E-state index in [4.69, 9.17) is 5.11 Å². The molecule has 6 heteroatoms. The van der Waals surface area contributed by atoms with Gasteiger partial charge >= 0.3 is 5.97 Å². The fourth-order valence-electron chi connectivity index (χ4n) is 2.02. The number of hydrogen-bond donors (Lipinski definition) is 2. The van der Waals surface area contributed by atoms with Gasteiger partial charge in [0.15, 0.2) is 0 Å². The summed E-state index contributed by atoms with van der Waals surface area (Å²) in [4.78, 5) is 10.7. The van der Waals surface area contributed by atoms with Crippen LogP contribution >= 0.6 is 0 Å². The standard InChI is InChI=1S/C10H19NO4S/c1-8(2)7-16(14,15)11-10(4-3-5-10)6-9(12)13/h8,11H,3-7H2,1-2H3,(H,12,13). The second kappa shape index (κ2) is 4.71. The third-order valence-electron chi connectivity index (χ3n) is 2.73. The molecule has 0 aromatic rings. The van der Waals surface area contributed by atoms with E-state index in [1.807, 2.05) is 13.8 Å². The molecule has 0 radical (unpaired) electrons. The SMILES string of the molecule is CC(C)CS(=O)(=O)NC1(CC(=O)O)CCC1. The summed E-state index contributed by atoms with van der Waals surface area (Å²) in [6.45, 7) is 3.65. The molecule has 1 rings (SSSR count). The Hall–Kier alpha value is -0.620. The van der Waals surface area contributed by atoms with Gasteiger partial charge in [-0.15, -0.1) is 0 Å². The van der Waals surface area contributed by atoms with E-state index in [1.54, 1.807) is 0 Å². The van der Waals surface area contributed by atoms with Crippen LogP contribution in [0.15, 0.2) is 0 Å². The minimum Gasteiger partial charge on any atom is -0.481 e. The van der Waals surface area contributed by atoms with Gasteiger partial charge in [-0.05, 0) is 25.2 Å². The van der Waals surface area contributed by atoms with Crippen LogP contribution in [0.1, 0.15) is 39.5 Å². The molecule has 16 heavy (non-hydrogen) atoms. The van der Waals surface area contributed by atoms with Crippen LogP contribution in [0.4, 0.5) is 0 Å². The van der Waals surface area contributed by atoms with Crippen LogP contribution in [-0.2, 0) is 14.8 Å². The highest BCUT2D eigenvalue weighted by Crippen LogP contribution is 2.35. The summed E-state index contributed by atoms with van der Waals surface area (Å²) in [5.74, 6) is -0.861. The number of carbonyl (C=O) groups is 1. The van der Waals surface area contributed by atoms with Gasteiger partial charge in [0.25, 0.3) is 0 Å². The largest absolute Gasteiger partial charge is 0.481 e. The lowest BCUT2D eigenvalue weighted by Crippen LogP contribution is -2.55. The molecule has 0 aromatic heterocycles. The van der Waals surface area contributed by atoms with Gasteiger partial charge in [0, 0.05) is 5.54 Å². The highest BCUT2D eigenvalue weighted by Gasteiger charge is 2.42. The number of sulfonamides is 1. The number of carboxylic acids is 1. The van der Waals surface area contributed by atoms with E-state index in [0.717, 1.165) is 6.42 Å². The van der Waals surface area contributed by atoms with Crippen molar-refractivity contribution in [3.8, 4) is 0 Å². The first-order valence-electron chi connectivity index (χ1n) is 5.48. The summed E-state index contributed by atoms with van der Waals surface area (Å²) >= 11 is 0. The molecule has 0 aromatic carbocycles. The van der Waals surface area contributed by atoms with Crippen LogP contribution in [0.25, 0.3) is 0 Å². The normalized spacial score (nSPS) is 19.4. The Morgan fingerprint density at radius 2 is 2.00 bits per heavy atom. The molecule has 0 atom stereocenters. The summed E-state index contributed by atoms with van der Waals surface area (Å²) in [5.41, 5.74) is -0.723. The van der Waals surface area contributed by atoms with E-state index < -0.39 is 21.5 Å². The van der Waals surface area contributed by atoms with Crippen LogP contribution in [0, 0.1) is 5.92 Å². The Morgan fingerprint density at radius 1 is 1.44 bits per heavy atom. The van der Waals surface area contributed by atoms with Gasteiger partial charge in [0.2, 0.25) is 10.0 Å². The van der Waals surface area contributed by atoms with Crippen molar-refractivity contribution in [3.63, 3.8) is 0 Å². The maximum absolute atomic E-state index is 11.7. The first-order chi connectivity index (χ1) is 7.25. The lowest BCUT2D eigenvalue weighted by Gasteiger charge is -2.41. The number of aliphatic carboxylic acids is 1. The molecule has 0 heterocycles. The predicted molar refractivity (Wildman–Crippen MR) is 60.6 cm³/mol. The number of hydrogen-bond acceptors (Lipinski definition) is 3. The Labute approximate surface area is 96.3 Å². The molecule has 94 valence electrons. The molecular weight excluding hydrogens is 230 g/mol. The Kier molecular flexibility index (Phi) is 3.96. The smallest absolute Gasteiger partial charge is 0.305 e. The van der Waals surface area contributed by atoms with Gasteiger partial charge in [0.1, 0.15) is 0 Å². The highest BCUT2D eigenvalue weighted by molar-refractivity contribution is 7.89. The monoisotopic (exact) mass is 249 g/mol. The minimum absolute atomic E-state index is 0.0412. The first kappa shape index (κ1) is 13.4. The lowest BCUT2D eigenvalue weighted by atomic mass is 9.75. The molecule has 0 bridgehead atoms. The van der Waals surface area contributed by atoms with E-state index in [2.05, 4.69) is 4.72 Å². The Balaban J connectivity index is 2.66. The van der Waals surface area contributed by atoms with Gasteiger partial charge in [0.05, 0.1) is 12.2 Å². The second-order valence-electron chi connectivity index (χ2n) is 4.98. The van der Waals surface area contributed by atoms with Crippen LogP contribution in [0.5, 0.6) is 0 Å². The topological polar surface area (TPSA) is 83.5 Å². The molecule has 2 N–H and O–H groups in total. The molecular formula is C10H19NO4S. The maximum atomic E-state index is 11.7. The highest BCUT2D eigenvalue weighted by atomic mass is 32.2. The van der Waals surface area contributed by atoms with Crippen molar-refractivity contribution in [2.24, 2.45) is 5.92 Å². The zero-order valence-corrected chi connectivity index (χ0v) is 10.5. The van der Waals surface area contributed by atoms with Crippen molar-refractivity contribution >= 4 is 16.0 Å². The molecule has 1 saturated carbocycles. The molecule has 1 fully saturated rings. The van der Waals surface area contributed by atoms with Gasteiger partial charge < -0.3 is 5.11 Å². The summed E-state index contributed by atoms with van der Waals surface area (Å²) in [7, 11) is -3.36. The molecule has 0 aliphatic heterocycles. The minimum atomic E-state index is -3.36. The van der Waals surface area contributed by atoms with E-state index in [0.29, 0.717) is 12.8 Å². The van der Waals surface area contributed by atoms with Gasteiger partial charge in [-0.3, -0.25) is 4.79 Å². The predicted octanol–water partition coefficient (Wildman–Crippen LogP) is 0.959. The quantitative estimate of drug-likeness (QED) is 0.734. The number of carboxylic acid groups (broad SMARTS) is 1. The summed E-state index contributed by atoms with van der Waals surface area (Å²) < 4.78 is 26.0. The average Bonchev–Trinajstić information content (AvgIpc) is 1.95. The van der Waals surface area contributed by atoms with Crippen LogP contribution < -0.4 is 4.72 Å². The van der Waals surface area contributed by atoms with Gasteiger partial charge in [-0.2, -0.15) is 0 Å². The lowest BCUT2D eigenvalue weighted by molar-refractivity contribution is -0.139. The van der Waals surface area contributed by atoms with Crippen LogP contribution in [0.2, 0.25) is 0 Å². The second-order valence-corrected chi connectivity index (χ2v) is 6.75. The molecule has 1 aliphatic rings. The third kappa shape index (κ3) is 3.75. The van der Waals surface area contributed by atoms with Gasteiger partial charge in [-0.25, -0.2) is 13.1 Å². The number of rotatable bonds is 6. The maximum Gasteiger partial charge on any atom is 0.305 e. The Morgan fingerprint density at radius 3 is 2.31 bits per heavy atom. The Bertz CT molecular complexity index is 357. The van der Waals surface area contributed by atoms with Crippen LogP contribution in [-0.4, -0.2) is 30.8 Å². The van der Waals surface area contributed by atoms with Gasteiger partial charge in [-0.1, -0.05) is 13.8 Å². The van der Waals surface area contributed by atoms with Crippen molar-refractivity contribution in [1.29, 1.82) is 0 Å². The first-order valence-corrected chi connectivity index (χ1v) is 7.13. The average molecular weight is 249 g/mol. The van der Waals surface area contributed by atoms with Crippen molar-refractivity contribution in [2.45, 2.75) is 45.1 Å². The van der Waals surface area contributed by atoms with E-state index in [-0.39, 0.29) is 18.1 Å². The molecule has 0 saturated heterocycles. The van der Waals surface area contributed by atoms with Crippen molar-refractivity contribution < 1.29 is 18.3 Å². The summed E-state index contributed by atoms with van der Waals surface area (Å²) in [6, 6.07) is 0. The van der Waals surface area contributed by atoms with Crippen LogP contribution in [0.3, 0.4) is 0 Å². The molecule has 0 amide bonds. The van der Waals surface area contributed by atoms with Crippen molar-refractivity contribution in [2.75, 3.05) is 5.75 Å². The van der Waals surface area contributed by atoms with Crippen molar-refractivity contribution in [3.05, 3.63) is 0 Å². The van der Waals surface area contributed by atoms with E-state index >= 15 is 0 Å². The summed E-state index contributed by atoms with van der Waals surface area (Å²) in [6.07, 6.45) is 2.01. The fourth-order valence-corrected chi connectivity index (χ4v) is 3.92. The zero-order valence-electron chi connectivity index (χ0n) is 9.69. The van der Waals surface area contributed by atoms with E-state index in [9.17, 15) is 13.2 Å². The van der Waals surface area contributed by atoms with Crippen molar-refractivity contribution in [1.82, 2.24) is 4.72 Å².